The zero-order valence-electron chi connectivity index (χ0n) is 15.6. The molecule has 1 N–H and O–H groups in total. The fraction of sp³-hybridized carbons (Fsp3) is 0.316. The quantitative estimate of drug-likeness (QED) is 0.779. The molecule has 3 rings (SSSR count). The number of hydrogen-bond acceptors (Lipinski definition) is 6. The summed E-state index contributed by atoms with van der Waals surface area (Å²) in [6.07, 6.45) is 3.43. The number of anilines is 1. The van der Waals surface area contributed by atoms with E-state index in [0.717, 1.165) is 22.2 Å². The Kier molecular flexibility index (Phi) is 4.79. The lowest BCUT2D eigenvalue weighted by atomic mass is 10.1. The van der Waals surface area contributed by atoms with E-state index in [4.69, 9.17) is 0 Å². The molecule has 134 valence electrons. The smallest absolute Gasteiger partial charge is 0.289 e. The number of carbonyl (C=O) groups is 1. The Morgan fingerprint density at radius 2 is 1.96 bits per heavy atom. The number of nitrogens with one attached hydrogen (secondary N) is 1. The highest BCUT2D eigenvalue weighted by Gasteiger charge is 2.19. The van der Waals surface area contributed by atoms with Crippen molar-refractivity contribution in [2.75, 3.05) is 19.0 Å². The molecule has 0 aromatic carbocycles. The van der Waals surface area contributed by atoms with Gasteiger partial charge >= 0.3 is 0 Å². The largest absolute Gasteiger partial charge is 0.362 e. The van der Waals surface area contributed by atoms with E-state index in [1.54, 1.807) is 12.4 Å². The molecule has 0 aliphatic carbocycles. The zero-order valence-corrected chi connectivity index (χ0v) is 15.6. The van der Waals surface area contributed by atoms with E-state index >= 15 is 0 Å². The zero-order chi connectivity index (χ0) is 18.8. The molecule has 0 aliphatic rings. The molecule has 0 unspecified atom stereocenters. The normalized spacial score (nSPS) is 12.0. The summed E-state index contributed by atoms with van der Waals surface area (Å²) in [5, 5.41) is 3.78. The lowest BCUT2D eigenvalue weighted by molar-refractivity contribution is 0.0929. The van der Waals surface area contributed by atoms with Gasteiger partial charge in [0.1, 0.15) is 5.82 Å². The maximum absolute atomic E-state index is 12.7. The average Bonchev–Trinajstić information content (AvgIpc) is 2.60. The number of rotatable bonds is 4. The van der Waals surface area contributed by atoms with Gasteiger partial charge in [-0.3, -0.25) is 9.78 Å². The monoisotopic (exact) mass is 350 g/mol. The summed E-state index contributed by atoms with van der Waals surface area (Å²) >= 11 is 0. The van der Waals surface area contributed by atoms with Crippen LogP contribution in [0.1, 0.15) is 40.4 Å². The first kappa shape index (κ1) is 17.7. The third-order valence-corrected chi connectivity index (χ3v) is 4.13. The van der Waals surface area contributed by atoms with E-state index < -0.39 is 0 Å². The molecule has 0 saturated carbocycles. The molecule has 1 atom stereocenters. The minimum Gasteiger partial charge on any atom is -0.362 e. The summed E-state index contributed by atoms with van der Waals surface area (Å²) in [5.74, 6) is 0.445. The van der Waals surface area contributed by atoms with Crippen molar-refractivity contribution in [3.05, 3.63) is 53.2 Å². The fourth-order valence-corrected chi connectivity index (χ4v) is 2.86. The van der Waals surface area contributed by atoms with Crippen LogP contribution >= 0.6 is 0 Å². The molecular weight excluding hydrogens is 328 g/mol. The maximum atomic E-state index is 12.7. The van der Waals surface area contributed by atoms with Gasteiger partial charge in [0, 0.05) is 32.2 Å². The van der Waals surface area contributed by atoms with Gasteiger partial charge in [-0.25, -0.2) is 15.0 Å². The van der Waals surface area contributed by atoms with Gasteiger partial charge in [0.05, 0.1) is 11.4 Å². The molecule has 0 radical (unpaired) electrons. The van der Waals surface area contributed by atoms with Gasteiger partial charge < -0.3 is 10.2 Å². The first-order valence-corrected chi connectivity index (χ1v) is 8.41. The second-order valence-corrected chi connectivity index (χ2v) is 6.53. The van der Waals surface area contributed by atoms with Gasteiger partial charge in [-0.15, -0.1) is 0 Å². The number of carbonyl (C=O) groups excluding carboxylic acids is 1. The number of pyridine rings is 2. The highest BCUT2D eigenvalue weighted by Crippen LogP contribution is 2.25. The summed E-state index contributed by atoms with van der Waals surface area (Å²) in [4.78, 5) is 32.1. The topological polar surface area (TPSA) is 83.9 Å². The molecule has 0 spiro atoms. The van der Waals surface area contributed by atoms with Crippen LogP contribution in [0.5, 0.6) is 0 Å². The number of aromatic nitrogens is 4. The maximum Gasteiger partial charge on any atom is 0.289 e. The van der Waals surface area contributed by atoms with Crippen molar-refractivity contribution < 1.29 is 4.79 Å². The Labute approximate surface area is 152 Å². The number of fused-ring (bicyclic) bond motifs is 1. The molecule has 0 saturated heterocycles. The SMILES string of the molecule is Cc1cc(C)c2c(N(C)C)nc(C(=O)N[C@H](C)c3cccnc3)nc2n1. The van der Waals surface area contributed by atoms with Crippen molar-refractivity contribution in [1.29, 1.82) is 0 Å². The van der Waals surface area contributed by atoms with Crippen molar-refractivity contribution in [2.45, 2.75) is 26.8 Å². The summed E-state index contributed by atoms with van der Waals surface area (Å²) in [5.41, 5.74) is 3.33. The summed E-state index contributed by atoms with van der Waals surface area (Å²) < 4.78 is 0. The van der Waals surface area contributed by atoms with Crippen LogP contribution in [0.3, 0.4) is 0 Å². The molecule has 3 aromatic heterocycles. The third kappa shape index (κ3) is 3.46. The van der Waals surface area contributed by atoms with E-state index in [1.807, 2.05) is 58.0 Å². The molecule has 7 nitrogen and oxygen atoms in total. The van der Waals surface area contributed by atoms with Crippen molar-refractivity contribution in [2.24, 2.45) is 0 Å². The van der Waals surface area contributed by atoms with E-state index in [9.17, 15) is 4.79 Å². The third-order valence-electron chi connectivity index (χ3n) is 4.13. The molecule has 0 aliphatic heterocycles. The number of aryl methyl sites for hydroxylation is 2. The predicted octanol–water partition coefficient (Wildman–Crippen LogP) is 2.59. The standard InChI is InChI=1S/C19H22N6O/c1-11-9-12(2)21-16-15(11)18(25(4)5)24-17(23-16)19(26)22-13(3)14-7-6-8-20-10-14/h6-10,13H,1-5H3,(H,22,26)/t13-/m1/s1. The predicted molar refractivity (Wildman–Crippen MR) is 101 cm³/mol. The first-order chi connectivity index (χ1) is 12.4. The van der Waals surface area contributed by atoms with Gasteiger partial charge in [-0.1, -0.05) is 6.07 Å². The molecule has 7 heteroatoms. The summed E-state index contributed by atoms with van der Waals surface area (Å²) in [6, 6.07) is 5.54. The Morgan fingerprint density at radius 3 is 2.62 bits per heavy atom. The van der Waals surface area contributed by atoms with E-state index in [-0.39, 0.29) is 17.8 Å². The lowest BCUT2D eigenvalue weighted by Gasteiger charge is -2.18. The van der Waals surface area contributed by atoms with E-state index in [2.05, 4.69) is 25.3 Å². The summed E-state index contributed by atoms with van der Waals surface area (Å²) in [6.45, 7) is 5.81. The molecule has 0 fully saturated rings. The van der Waals surface area contributed by atoms with Crippen molar-refractivity contribution >= 4 is 22.8 Å². The molecule has 3 heterocycles. The van der Waals surface area contributed by atoms with Crippen LogP contribution in [0.2, 0.25) is 0 Å². The molecule has 3 aromatic rings. The van der Waals surface area contributed by atoms with Crippen LogP contribution in [0.15, 0.2) is 30.6 Å². The van der Waals surface area contributed by atoms with Crippen LogP contribution in [-0.2, 0) is 0 Å². The Morgan fingerprint density at radius 1 is 1.19 bits per heavy atom. The van der Waals surface area contributed by atoms with Crippen LogP contribution in [0, 0.1) is 13.8 Å². The second kappa shape index (κ2) is 7.03. The van der Waals surface area contributed by atoms with E-state index in [0.29, 0.717) is 11.5 Å². The van der Waals surface area contributed by atoms with E-state index in [1.165, 1.54) is 0 Å². The van der Waals surface area contributed by atoms with Gasteiger partial charge in [0.15, 0.2) is 5.65 Å². The minimum atomic E-state index is -0.340. The Balaban J connectivity index is 2.00. The van der Waals surface area contributed by atoms with Crippen LogP contribution in [0.4, 0.5) is 5.82 Å². The number of nitrogens with zero attached hydrogens (tertiary/aromatic N) is 5. The van der Waals surface area contributed by atoms with Gasteiger partial charge in [-0.05, 0) is 44.0 Å². The van der Waals surface area contributed by atoms with Crippen LogP contribution < -0.4 is 10.2 Å². The highest BCUT2D eigenvalue weighted by molar-refractivity contribution is 5.96. The molecule has 26 heavy (non-hydrogen) atoms. The van der Waals surface area contributed by atoms with Gasteiger partial charge in [0.2, 0.25) is 5.82 Å². The Bertz CT molecular complexity index is 955. The highest BCUT2D eigenvalue weighted by atomic mass is 16.2. The van der Waals surface area contributed by atoms with Crippen molar-refractivity contribution in [3.63, 3.8) is 0 Å². The number of amides is 1. The molecule has 1 amide bonds. The summed E-state index contributed by atoms with van der Waals surface area (Å²) in [7, 11) is 3.78. The van der Waals surface area contributed by atoms with Crippen molar-refractivity contribution in [3.8, 4) is 0 Å². The van der Waals surface area contributed by atoms with Crippen molar-refractivity contribution in [1.82, 2.24) is 25.3 Å². The molecular formula is C19H22N6O. The van der Waals surface area contributed by atoms with Gasteiger partial charge in [-0.2, -0.15) is 0 Å². The first-order valence-electron chi connectivity index (χ1n) is 8.41. The average molecular weight is 350 g/mol. The fourth-order valence-electron chi connectivity index (χ4n) is 2.86. The second-order valence-electron chi connectivity index (χ2n) is 6.53. The lowest BCUT2D eigenvalue weighted by Crippen LogP contribution is -2.29. The van der Waals surface area contributed by atoms with Crippen LogP contribution in [-0.4, -0.2) is 39.9 Å². The molecule has 0 bridgehead atoms. The van der Waals surface area contributed by atoms with Crippen LogP contribution in [0.25, 0.3) is 11.0 Å². The number of hydrogen-bond donors (Lipinski definition) is 1. The minimum absolute atomic E-state index is 0.106. The Hall–Kier alpha value is -3.09. The van der Waals surface area contributed by atoms with Gasteiger partial charge in [0.25, 0.3) is 5.91 Å².